The van der Waals surface area contributed by atoms with Crippen LogP contribution in [0.15, 0.2) is 0 Å². The monoisotopic (exact) mass is 311 g/mol. The Morgan fingerprint density at radius 2 is 2.05 bits per heavy atom. The Balaban J connectivity index is 1.89. The van der Waals surface area contributed by atoms with Gasteiger partial charge in [-0.1, -0.05) is 0 Å². The summed E-state index contributed by atoms with van der Waals surface area (Å²) in [5, 5.41) is 6.97. The number of rotatable bonds is 3. The molecule has 21 heavy (non-hydrogen) atoms. The summed E-state index contributed by atoms with van der Waals surface area (Å²) in [6.07, 6.45) is 0.812. The molecule has 0 radical (unpaired) electrons. The first-order chi connectivity index (χ1) is 9.59. The highest BCUT2D eigenvalue weighted by Crippen LogP contribution is 2.37. The van der Waals surface area contributed by atoms with E-state index >= 15 is 0 Å². The largest absolute Gasteiger partial charge is 0.367 e. The summed E-state index contributed by atoms with van der Waals surface area (Å²) in [6, 6.07) is -0.142. The van der Waals surface area contributed by atoms with Crippen LogP contribution in [0.25, 0.3) is 0 Å². The molecule has 0 aromatic carbocycles. The van der Waals surface area contributed by atoms with E-state index in [4.69, 9.17) is 4.74 Å². The lowest BCUT2D eigenvalue weighted by Crippen LogP contribution is -2.49. The Morgan fingerprint density at radius 3 is 2.52 bits per heavy atom. The number of urea groups is 1. The number of hydrogen-bond donors (Lipinski definition) is 2. The van der Waals surface area contributed by atoms with Gasteiger partial charge in [0.05, 0.1) is 34.5 Å². The van der Waals surface area contributed by atoms with E-state index in [-0.39, 0.29) is 23.3 Å². The summed E-state index contributed by atoms with van der Waals surface area (Å²) in [5.74, 6) is 0. The lowest BCUT2D eigenvalue weighted by atomic mass is 9.95. The van der Waals surface area contributed by atoms with Crippen molar-refractivity contribution in [1.82, 2.24) is 15.6 Å². The van der Waals surface area contributed by atoms with Crippen molar-refractivity contribution in [2.45, 2.75) is 71.8 Å². The van der Waals surface area contributed by atoms with Gasteiger partial charge in [-0.3, -0.25) is 0 Å². The van der Waals surface area contributed by atoms with Gasteiger partial charge in [-0.15, -0.1) is 11.3 Å². The van der Waals surface area contributed by atoms with E-state index in [2.05, 4.69) is 29.5 Å². The number of ether oxygens (including phenoxy) is 1. The highest BCUT2D eigenvalue weighted by molar-refractivity contribution is 7.11. The maximum atomic E-state index is 12.1. The molecule has 1 aromatic heterocycles. The van der Waals surface area contributed by atoms with Gasteiger partial charge in [0.15, 0.2) is 0 Å². The van der Waals surface area contributed by atoms with Crippen LogP contribution in [-0.2, 0) is 11.3 Å². The predicted octanol–water partition coefficient (Wildman–Crippen LogP) is 2.91. The van der Waals surface area contributed by atoms with Gasteiger partial charge in [-0.05, 0) is 48.0 Å². The molecule has 2 heterocycles. The molecule has 1 atom stereocenters. The molecule has 1 aliphatic rings. The second kappa shape index (κ2) is 5.57. The maximum absolute atomic E-state index is 12.1. The average Bonchev–Trinajstić information content (AvgIpc) is 2.72. The number of carbonyl (C=O) groups is 1. The molecular weight excluding hydrogens is 286 g/mol. The molecular formula is C15H25N3O2S. The zero-order valence-corrected chi connectivity index (χ0v) is 14.5. The van der Waals surface area contributed by atoms with Gasteiger partial charge in [0.1, 0.15) is 0 Å². The van der Waals surface area contributed by atoms with Crippen molar-refractivity contribution >= 4 is 17.4 Å². The van der Waals surface area contributed by atoms with Crippen molar-refractivity contribution in [2.75, 3.05) is 0 Å². The van der Waals surface area contributed by atoms with Gasteiger partial charge < -0.3 is 15.4 Å². The zero-order valence-electron chi connectivity index (χ0n) is 13.7. The fourth-order valence-corrected chi connectivity index (χ4v) is 3.77. The van der Waals surface area contributed by atoms with Gasteiger partial charge in [0.25, 0.3) is 0 Å². The summed E-state index contributed by atoms with van der Waals surface area (Å²) in [5.41, 5.74) is 0.438. The fourth-order valence-electron chi connectivity index (χ4n) is 2.89. The topological polar surface area (TPSA) is 63.2 Å². The quantitative estimate of drug-likeness (QED) is 0.902. The van der Waals surface area contributed by atoms with Gasteiger partial charge >= 0.3 is 6.03 Å². The number of amides is 2. The van der Waals surface area contributed by atoms with E-state index in [1.807, 2.05) is 27.7 Å². The lowest BCUT2D eigenvalue weighted by molar-refractivity contribution is -0.0690. The second-order valence-electron chi connectivity index (χ2n) is 6.79. The summed E-state index contributed by atoms with van der Waals surface area (Å²) in [4.78, 5) is 17.6. The van der Waals surface area contributed by atoms with E-state index in [9.17, 15) is 4.79 Å². The van der Waals surface area contributed by atoms with E-state index in [0.717, 1.165) is 22.0 Å². The standard InChI is InChI=1S/C15H25N3O2S/c1-9-11(21-10(2)17-9)8-16-13(19)18-12-7-14(3,4)20-15(12,5)6/h12H,7-8H2,1-6H3,(H2,16,18,19)/t12-/m1/s1. The molecule has 0 aliphatic carbocycles. The molecule has 6 heteroatoms. The Morgan fingerprint density at radius 1 is 1.38 bits per heavy atom. The van der Waals surface area contributed by atoms with Crippen LogP contribution >= 0.6 is 11.3 Å². The smallest absolute Gasteiger partial charge is 0.315 e. The SMILES string of the molecule is Cc1nc(C)c(CNC(=O)N[C@@H]2CC(C)(C)OC2(C)C)s1. The number of hydrogen-bond acceptors (Lipinski definition) is 4. The van der Waals surface area contributed by atoms with Gasteiger partial charge in [0.2, 0.25) is 0 Å². The van der Waals surface area contributed by atoms with E-state index in [1.165, 1.54) is 0 Å². The fraction of sp³-hybridized carbons (Fsp3) is 0.733. The number of nitrogens with one attached hydrogen (secondary N) is 2. The van der Waals surface area contributed by atoms with Gasteiger partial charge in [-0.25, -0.2) is 9.78 Å². The third kappa shape index (κ3) is 3.95. The molecule has 0 saturated carbocycles. The first-order valence-corrected chi connectivity index (χ1v) is 8.08. The Hall–Kier alpha value is -1.14. The van der Waals surface area contributed by atoms with Gasteiger partial charge in [0, 0.05) is 4.88 Å². The highest BCUT2D eigenvalue weighted by atomic mass is 32.1. The van der Waals surface area contributed by atoms with Crippen molar-refractivity contribution in [2.24, 2.45) is 0 Å². The van der Waals surface area contributed by atoms with Crippen LogP contribution in [0.4, 0.5) is 4.79 Å². The molecule has 1 fully saturated rings. The van der Waals surface area contributed by atoms with Crippen molar-refractivity contribution in [3.8, 4) is 0 Å². The molecule has 5 nitrogen and oxygen atoms in total. The Kier molecular flexibility index (Phi) is 4.31. The Labute approximate surface area is 130 Å². The molecule has 118 valence electrons. The summed E-state index contributed by atoms with van der Waals surface area (Å²) in [7, 11) is 0. The van der Waals surface area contributed by atoms with E-state index in [1.54, 1.807) is 11.3 Å². The normalized spacial score (nSPS) is 23.0. The van der Waals surface area contributed by atoms with Crippen molar-refractivity contribution in [3.63, 3.8) is 0 Å². The minimum Gasteiger partial charge on any atom is -0.367 e. The minimum absolute atomic E-state index is 0.0109. The highest BCUT2D eigenvalue weighted by Gasteiger charge is 2.46. The lowest BCUT2D eigenvalue weighted by Gasteiger charge is -2.27. The molecule has 0 bridgehead atoms. The second-order valence-corrected chi connectivity index (χ2v) is 8.08. The molecule has 0 unspecified atom stereocenters. The van der Waals surface area contributed by atoms with Crippen LogP contribution in [0.1, 0.15) is 49.7 Å². The van der Waals surface area contributed by atoms with Crippen LogP contribution in [-0.4, -0.2) is 28.3 Å². The third-order valence-electron chi connectivity index (χ3n) is 3.79. The van der Waals surface area contributed by atoms with Crippen LogP contribution in [0, 0.1) is 13.8 Å². The molecule has 0 spiro atoms. The van der Waals surface area contributed by atoms with Crippen LogP contribution in [0.5, 0.6) is 0 Å². The zero-order chi connectivity index (χ0) is 15.8. The molecule has 1 aromatic rings. The Bertz CT molecular complexity index is 537. The minimum atomic E-state index is -0.349. The van der Waals surface area contributed by atoms with Crippen LogP contribution in [0.2, 0.25) is 0 Å². The predicted molar refractivity (Wildman–Crippen MR) is 84.6 cm³/mol. The number of aryl methyl sites for hydroxylation is 2. The summed E-state index contributed by atoms with van der Waals surface area (Å²) < 4.78 is 5.98. The molecule has 2 N–H and O–H groups in total. The maximum Gasteiger partial charge on any atom is 0.315 e. The van der Waals surface area contributed by atoms with Crippen molar-refractivity contribution in [3.05, 3.63) is 15.6 Å². The van der Waals surface area contributed by atoms with Crippen LogP contribution in [0.3, 0.4) is 0 Å². The first kappa shape index (κ1) is 16.2. The number of carbonyl (C=O) groups excluding carboxylic acids is 1. The van der Waals surface area contributed by atoms with Gasteiger partial charge in [-0.2, -0.15) is 0 Å². The van der Waals surface area contributed by atoms with Crippen molar-refractivity contribution in [1.29, 1.82) is 0 Å². The molecule has 1 aliphatic heterocycles. The summed E-state index contributed by atoms with van der Waals surface area (Å²) >= 11 is 1.62. The number of thiazole rings is 1. The molecule has 2 rings (SSSR count). The number of nitrogens with zero attached hydrogens (tertiary/aromatic N) is 1. The summed E-state index contributed by atoms with van der Waals surface area (Å²) in [6.45, 7) is 12.6. The van der Waals surface area contributed by atoms with E-state index in [0.29, 0.717) is 6.54 Å². The first-order valence-electron chi connectivity index (χ1n) is 7.26. The van der Waals surface area contributed by atoms with Crippen molar-refractivity contribution < 1.29 is 9.53 Å². The van der Waals surface area contributed by atoms with E-state index < -0.39 is 0 Å². The number of aromatic nitrogens is 1. The molecule has 1 saturated heterocycles. The average molecular weight is 311 g/mol. The van der Waals surface area contributed by atoms with Crippen LogP contribution < -0.4 is 10.6 Å². The third-order valence-corrected chi connectivity index (χ3v) is 4.86. The molecule has 2 amide bonds.